The number of anilines is 1. The number of hydrazone groups is 1. The molecule has 292 valence electrons. The molecule has 0 spiro atoms. The van der Waals surface area contributed by atoms with Gasteiger partial charge in [-0.15, -0.1) is 0 Å². The van der Waals surface area contributed by atoms with E-state index in [1.165, 1.54) is 35.6 Å². The predicted octanol–water partition coefficient (Wildman–Crippen LogP) is 9.93. The van der Waals surface area contributed by atoms with E-state index in [9.17, 15) is 14.4 Å². The molecule has 0 aliphatic rings. The van der Waals surface area contributed by atoms with Gasteiger partial charge >= 0.3 is 17.9 Å². The van der Waals surface area contributed by atoms with E-state index in [1.807, 2.05) is 71.9 Å². The molecule has 12 heteroatoms. The number of hydrogen-bond donors (Lipinski definition) is 1. The molecule has 5 aromatic carbocycles. The first kappa shape index (κ1) is 40.1. The molecule has 0 fully saturated rings. The lowest BCUT2D eigenvalue weighted by Crippen LogP contribution is -2.23. The number of fused-ring (bicyclic) bond motifs is 1. The number of carbonyl (C=O) groups is 3. The molecule has 0 bridgehead atoms. The Balaban J connectivity index is 1.08. The fourth-order valence-corrected chi connectivity index (χ4v) is 6.19. The van der Waals surface area contributed by atoms with Gasteiger partial charge in [0.1, 0.15) is 34.2 Å². The highest BCUT2D eigenvalue weighted by Crippen LogP contribution is 2.27. The number of nitrogens with zero attached hydrogens (tertiary/aromatic N) is 2. The lowest BCUT2D eigenvalue weighted by Gasteiger charge is -2.21. The van der Waals surface area contributed by atoms with Crippen LogP contribution in [0.15, 0.2) is 120 Å². The molecule has 6 rings (SSSR count). The highest BCUT2D eigenvalue weighted by atomic mass is 32.1. The molecular weight excluding hydrogens is 743 g/mol. The van der Waals surface area contributed by atoms with Gasteiger partial charge in [-0.25, -0.2) is 19.4 Å². The lowest BCUT2D eigenvalue weighted by atomic mass is 10.1. The average molecular weight is 786 g/mol. The number of benzene rings is 5. The van der Waals surface area contributed by atoms with E-state index < -0.39 is 17.9 Å². The van der Waals surface area contributed by atoms with Crippen LogP contribution in [0.1, 0.15) is 83.7 Å². The second-order valence-electron chi connectivity index (χ2n) is 14.9. The lowest BCUT2D eigenvalue weighted by molar-refractivity contribution is 0.0508. The van der Waals surface area contributed by atoms with Crippen molar-refractivity contribution >= 4 is 50.8 Å². The van der Waals surface area contributed by atoms with Gasteiger partial charge in [-0.05, 0) is 144 Å². The number of para-hydroxylation sites is 1. The molecule has 11 nitrogen and oxygen atoms in total. The Hall–Kier alpha value is -6.53. The van der Waals surface area contributed by atoms with Crippen molar-refractivity contribution in [3.63, 3.8) is 0 Å². The monoisotopic (exact) mass is 785 g/mol. The first-order valence-corrected chi connectivity index (χ1v) is 19.1. The fraction of sp³-hybridized carbons (Fsp3) is 0.222. The van der Waals surface area contributed by atoms with Crippen LogP contribution < -0.4 is 24.4 Å². The molecule has 0 saturated heterocycles. The zero-order valence-electron chi connectivity index (χ0n) is 32.5. The molecule has 1 N–H and O–H groups in total. The number of hydrogen-bond acceptors (Lipinski definition) is 12. The summed E-state index contributed by atoms with van der Waals surface area (Å²) in [6.07, 6.45) is 1.92. The van der Waals surface area contributed by atoms with Gasteiger partial charge in [0.2, 0.25) is 5.13 Å². The SMILES string of the molecule is CC(C)(C)Oc1ccc(C(=O)Oc2ccc(C(=O)OCCc3ccc(OC(=O)c4ccc(OC(C)(C)C)cc4)c(/C=N/Nc4nc5ccccc5s4)c3)cc2)cc1. The molecule has 0 radical (unpaired) electrons. The van der Waals surface area contributed by atoms with E-state index in [4.69, 9.17) is 23.7 Å². The summed E-state index contributed by atoms with van der Waals surface area (Å²) >= 11 is 1.46. The maximum atomic E-state index is 13.2. The van der Waals surface area contributed by atoms with Crippen LogP contribution in [0.3, 0.4) is 0 Å². The summed E-state index contributed by atoms with van der Waals surface area (Å²) in [5.41, 5.74) is 5.43. The van der Waals surface area contributed by atoms with Gasteiger partial charge in [-0.2, -0.15) is 5.10 Å². The van der Waals surface area contributed by atoms with E-state index in [0.29, 0.717) is 45.3 Å². The summed E-state index contributed by atoms with van der Waals surface area (Å²) in [4.78, 5) is 43.3. The van der Waals surface area contributed by atoms with Crippen LogP contribution >= 0.6 is 11.3 Å². The second kappa shape index (κ2) is 17.5. The molecule has 0 aliphatic heterocycles. The summed E-state index contributed by atoms with van der Waals surface area (Å²) in [5.74, 6) is 0.242. The number of thiazole rings is 1. The Bertz CT molecular complexity index is 2340. The summed E-state index contributed by atoms with van der Waals surface area (Å²) in [6.45, 7) is 11.8. The zero-order chi connectivity index (χ0) is 40.6. The molecular formula is C45H43N3O8S. The van der Waals surface area contributed by atoms with Crippen LogP contribution in [0.25, 0.3) is 10.2 Å². The zero-order valence-corrected chi connectivity index (χ0v) is 33.3. The van der Waals surface area contributed by atoms with Crippen LogP contribution in [0.2, 0.25) is 0 Å². The van der Waals surface area contributed by atoms with Gasteiger partial charge in [0.05, 0.1) is 39.7 Å². The number of rotatable bonds is 13. The number of aromatic nitrogens is 1. The Labute approximate surface area is 335 Å². The molecule has 0 atom stereocenters. The van der Waals surface area contributed by atoms with Gasteiger partial charge in [0, 0.05) is 12.0 Å². The minimum absolute atomic E-state index is 0.0765. The minimum Gasteiger partial charge on any atom is -0.488 e. The Morgan fingerprint density at radius 3 is 1.79 bits per heavy atom. The van der Waals surface area contributed by atoms with Crippen LogP contribution in [-0.4, -0.2) is 46.9 Å². The van der Waals surface area contributed by atoms with Gasteiger partial charge in [-0.1, -0.05) is 29.5 Å². The first-order chi connectivity index (χ1) is 27.2. The van der Waals surface area contributed by atoms with Crippen molar-refractivity contribution in [3.8, 4) is 23.0 Å². The highest BCUT2D eigenvalue weighted by molar-refractivity contribution is 7.22. The van der Waals surface area contributed by atoms with Crippen molar-refractivity contribution in [3.05, 3.63) is 143 Å². The standard InChI is InChI=1S/C45H43N3O8S/c1-44(2,3)55-35-20-14-31(15-21-35)41(50)53-34-18-12-30(13-19-34)40(49)52-26-25-29-11-24-38(54-42(51)32-16-22-36(23-17-32)56-45(4,5)6)33(27-29)28-46-48-43-47-37-9-7-8-10-39(37)57-43/h7-24,27-28H,25-26H2,1-6H3,(H,47,48)/b46-28+. The van der Waals surface area contributed by atoms with Crippen molar-refractivity contribution in [2.75, 3.05) is 12.0 Å². The van der Waals surface area contributed by atoms with Crippen LogP contribution in [0, 0.1) is 0 Å². The molecule has 0 amide bonds. The Morgan fingerprint density at radius 1 is 0.667 bits per heavy atom. The third-order valence-corrected chi connectivity index (χ3v) is 8.83. The third kappa shape index (κ3) is 11.7. The molecule has 6 aromatic rings. The van der Waals surface area contributed by atoms with Crippen molar-refractivity contribution in [2.45, 2.75) is 59.2 Å². The largest absolute Gasteiger partial charge is 0.488 e. The van der Waals surface area contributed by atoms with Gasteiger partial charge in [-0.3, -0.25) is 5.43 Å². The van der Waals surface area contributed by atoms with E-state index in [-0.39, 0.29) is 29.3 Å². The predicted molar refractivity (Wildman–Crippen MR) is 221 cm³/mol. The smallest absolute Gasteiger partial charge is 0.343 e. The molecule has 0 saturated carbocycles. The van der Waals surface area contributed by atoms with Crippen LogP contribution in [-0.2, 0) is 11.2 Å². The molecule has 57 heavy (non-hydrogen) atoms. The van der Waals surface area contributed by atoms with Crippen molar-refractivity contribution in [1.82, 2.24) is 4.98 Å². The Morgan fingerprint density at radius 2 is 1.21 bits per heavy atom. The van der Waals surface area contributed by atoms with E-state index in [2.05, 4.69) is 15.5 Å². The summed E-state index contributed by atoms with van der Waals surface area (Å²) < 4.78 is 29.6. The van der Waals surface area contributed by atoms with E-state index in [0.717, 1.165) is 15.8 Å². The van der Waals surface area contributed by atoms with Gasteiger partial charge in [0.15, 0.2) is 0 Å². The van der Waals surface area contributed by atoms with Crippen molar-refractivity contribution in [2.24, 2.45) is 5.10 Å². The van der Waals surface area contributed by atoms with Crippen molar-refractivity contribution < 1.29 is 38.1 Å². The number of nitrogens with one attached hydrogen (secondary N) is 1. The average Bonchev–Trinajstić information content (AvgIpc) is 3.58. The number of carbonyl (C=O) groups excluding carboxylic acids is 3. The van der Waals surface area contributed by atoms with Crippen LogP contribution in [0.5, 0.6) is 23.0 Å². The minimum atomic E-state index is -0.547. The first-order valence-electron chi connectivity index (χ1n) is 18.2. The maximum Gasteiger partial charge on any atom is 0.343 e. The van der Waals surface area contributed by atoms with E-state index >= 15 is 0 Å². The Kier molecular flexibility index (Phi) is 12.3. The van der Waals surface area contributed by atoms with Gasteiger partial charge in [0.25, 0.3) is 0 Å². The topological polar surface area (TPSA) is 135 Å². The number of ether oxygens (including phenoxy) is 5. The summed E-state index contributed by atoms with van der Waals surface area (Å²) in [5, 5.41) is 4.99. The van der Waals surface area contributed by atoms with Crippen LogP contribution in [0.4, 0.5) is 5.13 Å². The fourth-order valence-electron chi connectivity index (χ4n) is 5.38. The van der Waals surface area contributed by atoms with Gasteiger partial charge < -0.3 is 23.7 Å². The van der Waals surface area contributed by atoms with E-state index in [1.54, 1.807) is 66.9 Å². The summed E-state index contributed by atoms with van der Waals surface area (Å²) in [6, 6.07) is 32.7. The molecule has 1 heterocycles. The van der Waals surface area contributed by atoms with Crippen molar-refractivity contribution in [1.29, 1.82) is 0 Å². The highest BCUT2D eigenvalue weighted by Gasteiger charge is 2.17. The third-order valence-electron chi connectivity index (χ3n) is 7.89. The number of esters is 3. The summed E-state index contributed by atoms with van der Waals surface area (Å²) in [7, 11) is 0. The quantitative estimate of drug-likeness (QED) is 0.0522. The molecule has 1 aromatic heterocycles. The second-order valence-corrected chi connectivity index (χ2v) is 15.9. The normalized spacial score (nSPS) is 11.6. The molecule has 0 unspecified atom stereocenters. The molecule has 0 aliphatic carbocycles. The maximum absolute atomic E-state index is 13.2.